The first-order chi connectivity index (χ1) is 8.66. The molecule has 2 rings (SSSR count). The lowest BCUT2D eigenvalue weighted by Crippen LogP contribution is -2.37. The molecule has 0 bridgehead atoms. The molecule has 1 aromatic rings. The van der Waals surface area contributed by atoms with E-state index >= 15 is 0 Å². The summed E-state index contributed by atoms with van der Waals surface area (Å²) >= 11 is 0. The minimum atomic E-state index is -0.350. The molecule has 5 heteroatoms. The van der Waals surface area contributed by atoms with Crippen molar-refractivity contribution in [3.8, 4) is 0 Å². The van der Waals surface area contributed by atoms with Crippen LogP contribution in [0.2, 0.25) is 0 Å². The first-order valence-corrected chi connectivity index (χ1v) is 6.26. The van der Waals surface area contributed by atoms with Gasteiger partial charge in [-0.25, -0.2) is 0 Å². The second-order valence-corrected chi connectivity index (χ2v) is 4.58. The highest BCUT2D eigenvalue weighted by molar-refractivity contribution is 5.93. The highest BCUT2D eigenvalue weighted by Crippen LogP contribution is 2.11. The second-order valence-electron chi connectivity index (χ2n) is 4.58. The Bertz CT molecular complexity index is 475. The topological polar surface area (TPSA) is 71.2 Å². The van der Waals surface area contributed by atoms with Crippen molar-refractivity contribution in [1.82, 2.24) is 10.3 Å². The normalized spacial score (nSPS) is 19.5. The summed E-state index contributed by atoms with van der Waals surface area (Å²) in [6.45, 7) is 3.00. The van der Waals surface area contributed by atoms with E-state index in [1.807, 2.05) is 0 Å². The summed E-state index contributed by atoms with van der Waals surface area (Å²) in [5, 5.41) is 2.75. The Morgan fingerprint density at radius 1 is 1.50 bits per heavy atom. The number of hydrogen-bond donors (Lipinski definition) is 2. The lowest BCUT2D eigenvalue weighted by Gasteiger charge is -2.22. The van der Waals surface area contributed by atoms with Crippen molar-refractivity contribution in [2.45, 2.75) is 32.3 Å². The van der Waals surface area contributed by atoms with Crippen molar-refractivity contribution in [2.75, 3.05) is 13.2 Å². The molecule has 1 atom stereocenters. The van der Waals surface area contributed by atoms with E-state index in [0.717, 1.165) is 31.6 Å². The third kappa shape index (κ3) is 3.20. The molecule has 0 radical (unpaired) electrons. The third-order valence-corrected chi connectivity index (χ3v) is 3.06. The molecule has 0 saturated carbocycles. The number of H-pyrrole nitrogens is 1. The van der Waals surface area contributed by atoms with Crippen LogP contribution in [0.5, 0.6) is 0 Å². The summed E-state index contributed by atoms with van der Waals surface area (Å²) in [6.07, 6.45) is 3.25. The first-order valence-electron chi connectivity index (χ1n) is 6.26. The molecule has 1 aliphatic rings. The van der Waals surface area contributed by atoms with Gasteiger partial charge in [-0.2, -0.15) is 0 Å². The van der Waals surface area contributed by atoms with Gasteiger partial charge in [-0.1, -0.05) is 0 Å². The quantitative estimate of drug-likeness (QED) is 0.840. The van der Waals surface area contributed by atoms with Crippen LogP contribution < -0.4 is 10.9 Å². The molecule has 0 aromatic carbocycles. The van der Waals surface area contributed by atoms with E-state index in [2.05, 4.69) is 10.3 Å². The van der Waals surface area contributed by atoms with Gasteiger partial charge in [0.25, 0.3) is 11.5 Å². The number of aromatic nitrogens is 1. The number of rotatable bonds is 3. The van der Waals surface area contributed by atoms with Gasteiger partial charge in [0.15, 0.2) is 0 Å². The summed E-state index contributed by atoms with van der Waals surface area (Å²) in [5.74, 6) is -0.342. The van der Waals surface area contributed by atoms with E-state index in [0.29, 0.717) is 6.54 Å². The molecular weight excluding hydrogens is 232 g/mol. The smallest absolute Gasteiger partial charge is 0.260 e. The number of amides is 1. The van der Waals surface area contributed by atoms with Crippen LogP contribution in [-0.2, 0) is 4.74 Å². The van der Waals surface area contributed by atoms with Crippen LogP contribution in [-0.4, -0.2) is 30.1 Å². The minimum absolute atomic E-state index is 0.0761. The van der Waals surface area contributed by atoms with Crippen molar-refractivity contribution in [3.05, 3.63) is 33.7 Å². The van der Waals surface area contributed by atoms with E-state index < -0.39 is 0 Å². The number of hydrogen-bond acceptors (Lipinski definition) is 3. The van der Waals surface area contributed by atoms with Crippen molar-refractivity contribution < 1.29 is 9.53 Å². The average Bonchev–Trinajstić information content (AvgIpc) is 2.37. The molecule has 18 heavy (non-hydrogen) atoms. The lowest BCUT2D eigenvalue weighted by molar-refractivity contribution is 0.0169. The van der Waals surface area contributed by atoms with E-state index in [-0.39, 0.29) is 23.1 Å². The summed E-state index contributed by atoms with van der Waals surface area (Å²) < 4.78 is 5.51. The fraction of sp³-hybridized carbons (Fsp3) is 0.538. The molecule has 2 N–H and O–H groups in total. The maximum absolute atomic E-state index is 11.8. The Morgan fingerprint density at radius 2 is 2.33 bits per heavy atom. The molecule has 0 aliphatic carbocycles. The molecular formula is C13H18N2O3. The summed E-state index contributed by atoms with van der Waals surface area (Å²) in [6, 6.07) is 3.26. The van der Waals surface area contributed by atoms with Gasteiger partial charge < -0.3 is 15.0 Å². The second kappa shape index (κ2) is 5.82. The van der Waals surface area contributed by atoms with Crippen LogP contribution in [0.25, 0.3) is 0 Å². The van der Waals surface area contributed by atoms with Crippen LogP contribution in [0.15, 0.2) is 16.9 Å². The molecule has 1 saturated heterocycles. The zero-order valence-corrected chi connectivity index (χ0v) is 10.5. The molecule has 2 heterocycles. The molecule has 1 aliphatic heterocycles. The van der Waals surface area contributed by atoms with E-state index in [1.165, 1.54) is 0 Å². The fourth-order valence-electron chi connectivity index (χ4n) is 2.02. The van der Waals surface area contributed by atoms with Crippen LogP contribution >= 0.6 is 0 Å². The zero-order valence-electron chi connectivity index (χ0n) is 10.5. The molecule has 1 amide bonds. The Kier molecular flexibility index (Phi) is 4.15. The highest BCUT2D eigenvalue weighted by Gasteiger charge is 2.16. The predicted molar refractivity (Wildman–Crippen MR) is 67.7 cm³/mol. The molecule has 98 valence electrons. The molecule has 1 aromatic heterocycles. The number of aromatic amines is 1. The Balaban J connectivity index is 1.93. The van der Waals surface area contributed by atoms with E-state index in [4.69, 9.17) is 4.74 Å². The van der Waals surface area contributed by atoms with Crippen molar-refractivity contribution in [1.29, 1.82) is 0 Å². The fourth-order valence-corrected chi connectivity index (χ4v) is 2.02. The third-order valence-electron chi connectivity index (χ3n) is 3.06. The van der Waals surface area contributed by atoms with Gasteiger partial charge in [-0.05, 0) is 38.3 Å². The number of ether oxygens (including phenoxy) is 1. The van der Waals surface area contributed by atoms with E-state index in [1.54, 1.807) is 19.1 Å². The Morgan fingerprint density at radius 3 is 3.00 bits per heavy atom. The van der Waals surface area contributed by atoms with Crippen molar-refractivity contribution >= 4 is 5.91 Å². The number of aryl methyl sites for hydroxylation is 1. The van der Waals surface area contributed by atoms with Gasteiger partial charge >= 0.3 is 0 Å². The van der Waals surface area contributed by atoms with Crippen LogP contribution in [0, 0.1) is 6.92 Å². The number of carbonyl (C=O) groups excluding carboxylic acids is 1. The summed E-state index contributed by atoms with van der Waals surface area (Å²) in [5.41, 5.74) is 0.542. The van der Waals surface area contributed by atoms with Crippen molar-refractivity contribution in [2.24, 2.45) is 0 Å². The maximum Gasteiger partial charge on any atom is 0.260 e. The van der Waals surface area contributed by atoms with Gasteiger partial charge in [-0.15, -0.1) is 0 Å². The first kappa shape index (κ1) is 12.8. The molecule has 5 nitrogen and oxygen atoms in total. The van der Waals surface area contributed by atoms with Crippen LogP contribution in [0.1, 0.15) is 35.3 Å². The minimum Gasteiger partial charge on any atom is -0.376 e. The Hall–Kier alpha value is -1.62. The van der Waals surface area contributed by atoms with Gasteiger partial charge in [0.1, 0.15) is 5.56 Å². The van der Waals surface area contributed by atoms with Crippen LogP contribution in [0.4, 0.5) is 0 Å². The zero-order chi connectivity index (χ0) is 13.0. The monoisotopic (exact) mass is 250 g/mol. The summed E-state index contributed by atoms with van der Waals surface area (Å²) in [7, 11) is 0. The van der Waals surface area contributed by atoms with Gasteiger partial charge in [0, 0.05) is 18.8 Å². The van der Waals surface area contributed by atoms with Crippen molar-refractivity contribution in [3.63, 3.8) is 0 Å². The largest absolute Gasteiger partial charge is 0.376 e. The van der Waals surface area contributed by atoms with E-state index in [9.17, 15) is 9.59 Å². The van der Waals surface area contributed by atoms with Crippen LogP contribution in [0.3, 0.4) is 0 Å². The molecule has 1 fully saturated rings. The SMILES string of the molecule is Cc1ccc(C(=O)NC[C@@H]2CCCCO2)c(=O)[nH]1. The maximum atomic E-state index is 11.8. The van der Waals surface area contributed by atoms with Gasteiger partial charge in [0.2, 0.25) is 0 Å². The van der Waals surface area contributed by atoms with Gasteiger partial charge in [0.05, 0.1) is 6.10 Å². The lowest BCUT2D eigenvalue weighted by atomic mass is 10.1. The summed E-state index contributed by atoms with van der Waals surface area (Å²) in [4.78, 5) is 26.0. The average molecular weight is 250 g/mol. The molecule has 0 unspecified atom stereocenters. The standard InChI is InChI=1S/C13H18N2O3/c1-9-5-6-11(13(17)15-9)12(16)14-8-10-4-2-3-7-18-10/h5-6,10H,2-4,7-8H2,1H3,(H,14,16)(H,15,17)/t10-/m0/s1. The number of pyridine rings is 1. The highest BCUT2D eigenvalue weighted by atomic mass is 16.5. The molecule has 0 spiro atoms. The number of carbonyl (C=O) groups is 1. The number of nitrogens with one attached hydrogen (secondary N) is 2. The van der Waals surface area contributed by atoms with Gasteiger partial charge in [-0.3, -0.25) is 9.59 Å². The predicted octanol–water partition coefficient (Wildman–Crippen LogP) is 0.982. The Labute approximate surface area is 106 Å².